The third-order valence-corrected chi connectivity index (χ3v) is 3.31. The maximum Gasteiger partial charge on any atom is 0.229 e. The Hall–Kier alpha value is -2.66. The molecule has 5 heteroatoms. The lowest BCUT2D eigenvalue weighted by Crippen LogP contribution is -2.13. The largest absolute Gasteiger partial charge is 0.331 e. The zero-order valence-corrected chi connectivity index (χ0v) is 14.0. The monoisotopic (exact) mass is 324 g/mol. The summed E-state index contributed by atoms with van der Waals surface area (Å²) in [5.41, 5.74) is 6.89. The van der Waals surface area contributed by atoms with Gasteiger partial charge in [0.15, 0.2) is 5.82 Å². The molecule has 1 aliphatic rings. The van der Waals surface area contributed by atoms with Gasteiger partial charge in [-0.2, -0.15) is 5.10 Å². The van der Waals surface area contributed by atoms with Gasteiger partial charge >= 0.3 is 0 Å². The van der Waals surface area contributed by atoms with E-state index >= 15 is 0 Å². The maximum atomic E-state index is 12.0. The highest BCUT2D eigenvalue weighted by Crippen LogP contribution is 2.15. The number of nitrogens with zero attached hydrogens (tertiary/aromatic N) is 2. The number of para-hydroxylation sites is 1. The molecule has 0 saturated heterocycles. The van der Waals surface area contributed by atoms with Gasteiger partial charge in [-0.25, -0.2) is 4.68 Å². The summed E-state index contributed by atoms with van der Waals surface area (Å²) in [5, 5.41) is 7.19. The lowest BCUT2D eigenvalue weighted by Gasteiger charge is -2.06. The molecule has 1 aromatic carbocycles. The molecule has 3 rings (SSSR count). The first-order valence-electron chi connectivity index (χ1n) is 8.19. The predicted molar refractivity (Wildman–Crippen MR) is 98.0 cm³/mol. The van der Waals surface area contributed by atoms with Gasteiger partial charge in [0, 0.05) is 12.3 Å². The Kier molecular flexibility index (Phi) is 6.98. The Balaban J connectivity index is 0.000000647. The van der Waals surface area contributed by atoms with Gasteiger partial charge in [-0.15, -0.1) is 0 Å². The second kappa shape index (κ2) is 9.47. The Morgan fingerprint density at radius 1 is 1.25 bits per heavy atom. The lowest BCUT2D eigenvalue weighted by molar-refractivity contribution is -0.115. The number of allylic oxidation sites excluding steroid dienone is 3. The van der Waals surface area contributed by atoms with Crippen molar-refractivity contribution in [3.8, 4) is 5.69 Å². The number of aromatic nitrogens is 2. The van der Waals surface area contributed by atoms with Crippen LogP contribution in [0.25, 0.3) is 5.69 Å². The van der Waals surface area contributed by atoms with Crippen LogP contribution in [-0.2, 0) is 4.79 Å². The molecule has 1 aliphatic carbocycles. The molecule has 3 N–H and O–H groups in total. The highest BCUT2D eigenvalue weighted by Gasteiger charge is 2.08. The molecule has 0 saturated carbocycles. The smallest absolute Gasteiger partial charge is 0.229 e. The highest BCUT2D eigenvalue weighted by atomic mass is 16.1. The summed E-state index contributed by atoms with van der Waals surface area (Å²) in [7, 11) is 0. The number of carbonyl (C=O) groups is 1. The third-order valence-electron chi connectivity index (χ3n) is 3.31. The molecule has 0 fully saturated rings. The molecule has 5 nitrogen and oxygen atoms in total. The Morgan fingerprint density at radius 2 is 2.00 bits per heavy atom. The second-order valence-electron chi connectivity index (χ2n) is 5.37. The third kappa shape index (κ3) is 5.52. The van der Waals surface area contributed by atoms with Crippen molar-refractivity contribution >= 4 is 11.7 Å². The van der Waals surface area contributed by atoms with Crippen LogP contribution >= 0.6 is 0 Å². The van der Waals surface area contributed by atoms with E-state index < -0.39 is 0 Å². The predicted octanol–water partition coefficient (Wildman–Crippen LogP) is 3.44. The number of amides is 1. The molecule has 24 heavy (non-hydrogen) atoms. The van der Waals surface area contributed by atoms with Crippen molar-refractivity contribution in [3.05, 3.63) is 66.4 Å². The fourth-order valence-corrected chi connectivity index (χ4v) is 2.29. The van der Waals surface area contributed by atoms with Gasteiger partial charge in [-0.05, 0) is 37.1 Å². The van der Waals surface area contributed by atoms with Gasteiger partial charge < -0.3 is 11.1 Å². The molecule has 2 aromatic rings. The molecule has 0 spiro atoms. The standard InChI is InChI=1S/C17H17N3O.C2H7N/c21-17(13-14-7-3-1-4-8-14)18-16-11-12-20(19-16)15-9-5-2-6-10-15;1-2-3/h2-3,5-12H,1,4,13H2,(H,18,19,21);2-3H2,1H3. The fraction of sp³-hybridized carbons (Fsp3) is 0.263. The van der Waals surface area contributed by atoms with E-state index in [2.05, 4.69) is 22.6 Å². The average molecular weight is 324 g/mol. The van der Waals surface area contributed by atoms with Gasteiger partial charge in [-0.1, -0.05) is 43.4 Å². The van der Waals surface area contributed by atoms with Gasteiger partial charge in [0.2, 0.25) is 5.91 Å². The molecule has 1 aromatic heterocycles. The normalized spacial score (nSPS) is 12.8. The summed E-state index contributed by atoms with van der Waals surface area (Å²) in [6, 6.07) is 11.6. The van der Waals surface area contributed by atoms with Crippen LogP contribution in [0.2, 0.25) is 0 Å². The van der Waals surface area contributed by atoms with Crippen LogP contribution in [0.4, 0.5) is 5.82 Å². The average Bonchev–Trinajstić information content (AvgIpc) is 3.05. The minimum atomic E-state index is -0.0360. The van der Waals surface area contributed by atoms with Gasteiger partial charge in [-0.3, -0.25) is 4.79 Å². The first-order chi connectivity index (χ1) is 11.7. The summed E-state index contributed by atoms with van der Waals surface area (Å²) in [6.07, 6.45) is 10.5. The summed E-state index contributed by atoms with van der Waals surface area (Å²) in [4.78, 5) is 12.0. The van der Waals surface area contributed by atoms with E-state index in [1.165, 1.54) is 0 Å². The highest BCUT2D eigenvalue weighted by molar-refractivity contribution is 5.91. The van der Waals surface area contributed by atoms with Crippen molar-refractivity contribution in [3.63, 3.8) is 0 Å². The molecule has 0 atom stereocenters. The number of hydrogen-bond acceptors (Lipinski definition) is 3. The minimum Gasteiger partial charge on any atom is -0.331 e. The molecule has 126 valence electrons. The molecular weight excluding hydrogens is 300 g/mol. The topological polar surface area (TPSA) is 72.9 Å². The summed E-state index contributed by atoms with van der Waals surface area (Å²) in [5.74, 6) is 0.537. The van der Waals surface area contributed by atoms with Crippen LogP contribution in [0.3, 0.4) is 0 Å². The van der Waals surface area contributed by atoms with Crippen LogP contribution in [0.15, 0.2) is 66.4 Å². The first-order valence-corrected chi connectivity index (χ1v) is 8.19. The van der Waals surface area contributed by atoms with Crippen LogP contribution in [0, 0.1) is 0 Å². The van der Waals surface area contributed by atoms with Crippen molar-refractivity contribution in [1.29, 1.82) is 0 Å². The van der Waals surface area contributed by atoms with E-state index in [9.17, 15) is 4.79 Å². The van der Waals surface area contributed by atoms with E-state index in [0.717, 1.165) is 30.6 Å². The molecular formula is C19H24N4O. The van der Waals surface area contributed by atoms with E-state index in [1.807, 2.05) is 49.5 Å². The number of anilines is 1. The van der Waals surface area contributed by atoms with Crippen molar-refractivity contribution in [2.24, 2.45) is 5.73 Å². The second-order valence-corrected chi connectivity index (χ2v) is 5.37. The minimum absolute atomic E-state index is 0.0360. The quantitative estimate of drug-likeness (QED) is 0.905. The van der Waals surface area contributed by atoms with Crippen molar-refractivity contribution < 1.29 is 4.79 Å². The summed E-state index contributed by atoms with van der Waals surface area (Å²) in [6.45, 7) is 2.65. The number of nitrogens with two attached hydrogens (primary N) is 1. The van der Waals surface area contributed by atoms with E-state index in [1.54, 1.807) is 10.7 Å². The summed E-state index contributed by atoms with van der Waals surface area (Å²) >= 11 is 0. The Bertz CT molecular complexity index is 701. The molecule has 1 heterocycles. The van der Waals surface area contributed by atoms with Gasteiger partial charge in [0.1, 0.15) is 0 Å². The van der Waals surface area contributed by atoms with Crippen LogP contribution in [0.1, 0.15) is 26.2 Å². The molecule has 1 amide bonds. The van der Waals surface area contributed by atoms with Crippen LogP contribution in [0.5, 0.6) is 0 Å². The van der Waals surface area contributed by atoms with Crippen molar-refractivity contribution in [1.82, 2.24) is 9.78 Å². The van der Waals surface area contributed by atoms with E-state index in [-0.39, 0.29) is 5.91 Å². The zero-order valence-electron chi connectivity index (χ0n) is 14.0. The molecule has 0 aliphatic heterocycles. The zero-order chi connectivity index (χ0) is 17.2. The van der Waals surface area contributed by atoms with Crippen molar-refractivity contribution in [2.75, 3.05) is 11.9 Å². The lowest BCUT2D eigenvalue weighted by atomic mass is 10.0. The molecule has 0 unspecified atom stereocenters. The summed E-state index contributed by atoms with van der Waals surface area (Å²) < 4.78 is 1.75. The number of nitrogens with one attached hydrogen (secondary N) is 1. The number of carbonyl (C=O) groups excluding carboxylic acids is 1. The maximum absolute atomic E-state index is 12.0. The van der Waals surface area contributed by atoms with Crippen LogP contribution in [-0.4, -0.2) is 22.2 Å². The Labute approximate surface area is 142 Å². The van der Waals surface area contributed by atoms with Crippen LogP contribution < -0.4 is 11.1 Å². The number of hydrogen-bond donors (Lipinski definition) is 2. The van der Waals surface area contributed by atoms with E-state index in [4.69, 9.17) is 5.73 Å². The SMILES string of the molecule is CCN.O=C(CC1=CCCC=C1)Nc1ccn(-c2ccccc2)n1. The first kappa shape index (κ1) is 17.7. The van der Waals surface area contributed by atoms with Crippen molar-refractivity contribution in [2.45, 2.75) is 26.2 Å². The van der Waals surface area contributed by atoms with Gasteiger partial charge in [0.25, 0.3) is 0 Å². The van der Waals surface area contributed by atoms with Gasteiger partial charge in [0.05, 0.1) is 12.1 Å². The fourth-order valence-electron chi connectivity index (χ4n) is 2.29. The number of rotatable bonds is 4. The molecule has 0 bridgehead atoms. The van der Waals surface area contributed by atoms with E-state index in [0.29, 0.717) is 12.2 Å². The Morgan fingerprint density at radius 3 is 2.67 bits per heavy atom. The number of benzene rings is 1. The molecule has 0 radical (unpaired) electrons.